The summed E-state index contributed by atoms with van der Waals surface area (Å²) >= 11 is 0. The Kier molecular flexibility index (Phi) is 7.00. The number of benzene rings is 1. The molecule has 0 aliphatic carbocycles. The summed E-state index contributed by atoms with van der Waals surface area (Å²) in [6, 6.07) is 7.68. The van der Waals surface area contributed by atoms with Crippen molar-refractivity contribution in [2.24, 2.45) is 5.92 Å². The predicted molar refractivity (Wildman–Crippen MR) is 114 cm³/mol. The number of hydrogen-bond acceptors (Lipinski definition) is 4. The Morgan fingerprint density at radius 3 is 2.40 bits per heavy atom. The van der Waals surface area contributed by atoms with Crippen molar-refractivity contribution in [2.75, 3.05) is 33.3 Å². The number of nitrogens with zero attached hydrogens (tertiary/aromatic N) is 2. The number of carbonyl (C=O) groups excluding carboxylic acids is 3. The maximum atomic E-state index is 13.0. The van der Waals surface area contributed by atoms with Gasteiger partial charge < -0.3 is 19.9 Å². The van der Waals surface area contributed by atoms with Crippen molar-refractivity contribution in [3.05, 3.63) is 29.8 Å². The van der Waals surface area contributed by atoms with E-state index in [1.54, 1.807) is 12.0 Å². The third-order valence-electron chi connectivity index (χ3n) is 6.15. The molecule has 3 amide bonds. The van der Waals surface area contributed by atoms with Gasteiger partial charge >= 0.3 is 0 Å². The van der Waals surface area contributed by atoms with Crippen LogP contribution in [-0.2, 0) is 19.9 Å². The average molecular weight is 416 g/mol. The second kappa shape index (κ2) is 9.49. The summed E-state index contributed by atoms with van der Waals surface area (Å²) in [6.45, 7) is 6.49. The fourth-order valence-electron chi connectivity index (χ4n) is 4.23. The first kappa shape index (κ1) is 22.1. The lowest BCUT2D eigenvalue weighted by Gasteiger charge is -2.35. The van der Waals surface area contributed by atoms with E-state index in [9.17, 15) is 14.4 Å². The minimum Gasteiger partial charge on any atom is -0.497 e. The van der Waals surface area contributed by atoms with Gasteiger partial charge in [-0.25, -0.2) is 0 Å². The lowest BCUT2D eigenvalue weighted by Crippen LogP contribution is -2.50. The zero-order valence-corrected chi connectivity index (χ0v) is 18.3. The number of ether oxygens (including phenoxy) is 1. The lowest BCUT2D eigenvalue weighted by atomic mass is 9.91. The highest BCUT2D eigenvalue weighted by Crippen LogP contribution is 2.25. The molecule has 2 aliphatic heterocycles. The number of piperidine rings is 1. The van der Waals surface area contributed by atoms with Crippen molar-refractivity contribution >= 4 is 17.7 Å². The minimum atomic E-state index is -0.522. The van der Waals surface area contributed by atoms with Crippen LogP contribution in [0.25, 0.3) is 0 Å². The second-order valence-electron chi connectivity index (χ2n) is 8.76. The largest absolute Gasteiger partial charge is 0.497 e. The molecule has 0 unspecified atom stereocenters. The van der Waals surface area contributed by atoms with Crippen molar-refractivity contribution in [1.82, 2.24) is 15.1 Å². The molecule has 3 rings (SSSR count). The van der Waals surface area contributed by atoms with Crippen LogP contribution < -0.4 is 10.1 Å². The van der Waals surface area contributed by atoms with E-state index in [0.29, 0.717) is 38.9 Å². The Hall–Kier alpha value is -2.57. The van der Waals surface area contributed by atoms with E-state index in [1.807, 2.05) is 43.0 Å². The van der Waals surface area contributed by atoms with Gasteiger partial charge in [-0.2, -0.15) is 0 Å². The number of amides is 3. The molecule has 164 valence electrons. The van der Waals surface area contributed by atoms with E-state index in [1.165, 1.54) is 0 Å². The van der Waals surface area contributed by atoms with Crippen LogP contribution in [0.5, 0.6) is 5.75 Å². The summed E-state index contributed by atoms with van der Waals surface area (Å²) in [5, 5.41) is 3.15. The molecule has 0 aromatic heterocycles. The van der Waals surface area contributed by atoms with Gasteiger partial charge in [0.2, 0.25) is 17.7 Å². The van der Waals surface area contributed by atoms with Crippen LogP contribution >= 0.6 is 0 Å². The molecule has 7 heteroatoms. The number of carbonyl (C=O) groups is 3. The van der Waals surface area contributed by atoms with Gasteiger partial charge in [0.1, 0.15) is 5.75 Å². The first-order valence-electron chi connectivity index (χ1n) is 10.8. The number of hydrogen-bond donors (Lipinski definition) is 1. The van der Waals surface area contributed by atoms with E-state index >= 15 is 0 Å². The summed E-state index contributed by atoms with van der Waals surface area (Å²) in [4.78, 5) is 40.7. The van der Waals surface area contributed by atoms with Gasteiger partial charge in [-0.3, -0.25) is 14.4 Å². The third kappa shape index (κ3) is 5.32. The molecule has 0 saturated carbocycles. The highest BCUT2D eigenvalue weighted by molar-refractivity contribution is 5.84. The van der Waals surface area contributed by atoms with Crippen LogP contribution in [0.1, 0.15) is 51.5 Å². The number of rotatable bonds is 8. The van der Waals surface area contributed by atoms with Gasteiger partial charge in [-0.15, -0.1) is 0 Å². The quantitative estimate of drug-likeness (QED) is 0.707. The van der Waals surface area contributed by atoms with Gasteiger partial charge in [0.25, 0.3) is 0 Å². The Labute approximate surface area is 178 Å². The summed E-state index contributed by atoms with van der Waals surface area (Å²) in [5.41, 5.74) is 0.474. The predicted octanol–water partition coefficient (Wildman–Crippen LogP) is 2.30. The topological polar surface area (TPSA) is 79.0 Å². The van der Waals surface area contributed by atoms with E-state index in [4.69, 9.17) is 4.74 Å². The highest BCUT2D eigenvalue weighted by Gasteiger charge is 2.33. The van der Waals surface area contributed by atoms with Crippen LogP contribution in [0, 0.1) is 5.92 Å². The van der Waals surface area contributed by atoms with Gasteiger partial charge in [0.05, 0.1) is 18.6 Å². The SMILES string of the molecule is COc1ccc(C(C)(C)NC(=O)[C@@H]2CCC(=O)N(CCCN3CCCC3=O)C2)cc1. The highest BCUT2D eigenvalue weighted by atomic mass is 16.5. The molecule has 2 heterocycles. The number of methoxy groups -OCH3 is 1. The summed E-state index contributed by atoms with van der Waals surface area (Å²) in [6.07, 6.45) is 3.28. The van der Waals surface area contributed by atoms with Crippen molar-refractivity contribution in [1.29, 1.82) is 0 Å². The van der Waals surface area contributed by atoms with E-state index in [0.717, 1.165) is 30.7 Å². The molecule has 1 aromatic carbocycles. The maximum absolute atomic E-state index is 13.0. The normalized spacial score (nSPS) is 19.9. The van der Waals surface area contributed by atoms with Crippen molar-refractivity contribution in [3.8, 4) is 5.75 Å². The van der Waals surface area contributed by atoms with Crippen LogP contribution in [0.15, 0.2) is 24.3 Å². The average Bonchev–Trinajstić information content (AvgIpc) is 3.13. The van der Waals surface area contributed by atoms with Crippen LogP contribution in [0.2, 0.25) is 0 Å². The summed E-state index contributed by atoms with van der Waals surface area (Å²) in [5.74, 6) is 0.842. The zero-order chi connectivity index (χ0) is 21.7. The molecular weight excluding hydrogens is 382 g/mol. The van der Waals surface area contributed by atoms with Crippen LogP contribution in [-0.4, -0.2) is 60.8 Å². The summed E-state index contributed by atoms with van der Waals surface area (Å²) in [7, 11) is 1.63. The van der Waals surface area contributed by atoms with E-state index in [-0.39, 0.29) is 23.6 Å². The molecule has 7 nitrogen and oxygen atoms in total. The fourth-order valence-corrected chi connectivity index (χ4v) is 4.23. The Morgan fingerprint density at radius 1 is 1.10 bits per heavy atom. The summed E-state index contributed by atoms with van der Waals surface area (Å²) < 4.78 is 5.20. The van der Waals surface area contributed by atoms with Crippen molar-refractivity contribution in [3.63, 3.8) is 0 Å². The van der Waals surface area contributed by atoms with Gasteiger partial charge in [-0.05, 0) is 50.8 Å². The Balaban J connectivity index is 1.53. The molecular formula is C23H33N3O4. The third-order valence-corrected chi connectivity index (χ3v) is 6.15. The molecule has 1 atom stereocenters. The maximum Gasteiger partial charge on any atom is 0.225 e. The monoisotopic (exact) mass is 415 g/mol. The number of likely N-dealkylation sites (tertiary alicyclic amines) is 2. The smallest absolute Gasteiger partial charge is 0.225 e. The molecule has 2 saturated heterocycles. The lowest BCUT2D eigenvalue weighted by molar-refractivity contribution is -0.138. The molecule has 0 radical (unpaired) electrons. The van der Waals surface area contributed by atoms with Crippen LogP contribution in [0.3, 0.4) is 0 Å². The van der Waals surface area contributed by atoms with Gasteiger partial charge in [-0.1, -0.05) is 12.1 Å². The fraction of sp³-hybridized carbons (Fsp3) is 0.609. The molecule has 1 aromatic rings. The van der Waals surface area contributed by atoms with Crippen molar-refractivity contribution in [2.45, 2.75) is 51.5 Å². The van der Waals surface area contributed by atoms with Crippen LogP contribution in [0.4, 0.5) is 0 Å². The Bertz CT molecular complexity index is 775. The molecule has 2 fully saturated rings. The van der Waals surface area contributed by atoms with E-state index < -0.39 is 5.54 Å². The first-order valence-corrected chi connectivity index (χ1v) is 10.8. The molecule has 0 bridgehead atoms. The van der Waals surface area contributed by atoms with E-state index in [2.05, 4.69) is 5.32 Å². The molecule has 0 spiro atoms. The zero-order valence-electron chi connectivity index (χ0n) is 18.3. The molecule has 1 N–H and O–H groups in total. The number of nitrogens with one attached hydrogen (secondary N) is 1. The second-order valence-corrected chi connectivity index (χ2v) is 8.76. The standard InChI is InChI=1S/C23H33N3O4/c1-23(2,18-8-10-19(30-3)11-9-18)24-22(29)17-7-12-21(28)26(16-17)15-5-14-25-13-4-6-20(25)27/h8-11,17H,4-7,12-16H2,1-3H3,(H,24,29)/t17-/m1/s1. The van der Waals surface area contributed by atoms with Gasteiger partial charge in [0.15, 0.2) is 0 Å². The van der Waals surface area contributed by atoms with Gasteiger partial charge in [0, 0.05) is 39.0 Å². The minimum absolute atomic E-state index is 0.0250. The molecule has 30 heavy (non-hydrogen) atoms. The van der Waals surface area contributed by atoms with Crippen molar-refractivity contribution < 1.29 is 19.1 Å². The molecule has 2 aliphatic rings. The first-order chi connectivity index (χ1) is 14.3. The Morgan fingerprint density at radius 2 is 1.77 bits per heavy atom.